The molecule has 148 valence electrons. The molecule has 2 aliphatic carbocycles. The van der Waals surface area contributed by atoms with Crippen molar-refractivity contribution in [2.24, 2.45) is 5.92 Å². The standard InChI is InChI=1S/C22H29N3.CH2O.2H2/c1-16-5-4-8-20(11-16)25-22-12-21(18-9-10-18)19(15-24-22)14-23-13-17-6-2-3-7-17;1-2;;/h4-5,8,11-12,15,17-18,23H,2-3,6-7,9-10,13-14H2,1H3,(H,24,25);1H2;2*1H. The van der Waals surface area contributed by atoms with Gasteiger partial charge >= 0.3 is 0 Å². The average Bonchev–Trinajstić information content (AvgIpc) is 3.40. The maximum Gasteiger partial charge on any atom is 0.130 e. The Labute approximate surface area is 165 Å². The molecule has 0 spiro atoms. The highest BCUT2D eigenvalue weighted by atomic mass is 16.1. The van der Waals surface area contributed by atoms with E-state index in [0.29, 0.717) is 0 Å². The fraction of sp³-hybridized carbons (Fsp3) is 0.478. The molecule has 1 heterocycles. The molecule has 0 bridgehead atoms. The maximum absolute atomic E-state index is 8.00. The molecule has 0 saturated heterocycles. The van der Waals surface area contributed by atoms with Crippen molar-refractivity contribution in [1.29, 1.82) is 0 Å². The lowest BCUT2D eigenvalue weighted by Crippen LogP contribution is -2.21. The Morgan fingerprint density at radius 2 is 1.93 bits per heavy atom. The maximum atomic E-state index is 8.00. The van der Waals surface area contributed by atoms with Crippen molar-refractivity contribution in [3.63, 3.8) is 0 Å². The number of rotatable bonds is 7. The molecule has 2 fully saturated rings. The number of carbonyl (C=O) groups excluding carboxylic acids is 1. The molecule has 1 aromatic heterocycles. The van der Waals surface area contributed by atoms with E-state index in [2.05, 4.69) is 59.1 Å². The molecular formula is C23H35N3O. The summed E-state index contributed by atoms with van der Waals surface area (Å²) < 4.78 is 0. The van der Waals surface area contributed by atoms with Crippen molar-refractivity contribution in [2.45, 2.75) is 57.9 Å². The van der Waals surface area contributed by atoms with Gasteiger partial charge < -0.3 is 15.4 Å². The third-order valence-corrected chi connectivity index (χ3v) is 5.55. The van der Waals surface area contributed by atoms with Crippen LogP contribution in [0.3, 0.4) is 0 Å². The predicted molar refractivity (Wildman–Crippen MR) is 116 cm³/mol. The highest BCUT2D eigenvalue weighted by Gasteiger charge is 2.26. The highest BCUT2D eigenvalue weighted by Crippen LogP contribution is 2.42. The number of nitrogens with zero attached hydrogens (tertiary/aromatic N) is 1. The van der Waals surface area contributed by atoms with E-state index >= 15 is 0 Å². The molecule has 4 heteroatoms. The zero-order chi connectivity index (χ0) is 19.1. The van der Waals surface area contributed by atoms with E-state index in [1.54, 1.807) is 0 Å². The van der Waals surface area contributed by atoms with Gasteiger partial charge in [-0.05, 0) is 85.9 Å². The van der Waals surface area contributed by atoms with Crippen LogP contribution in [0.15, 0.2) is 36.5 Å². The summed E-state index contributed by atoms with van der Waals surface area (Å²) in [5, 5.41) is 7.15. The van der Waals surface area contributed by atoms with Gasteiger partial charge in [-0.3, -0.25) is 0 Å². The van der Waals surface area contributed by atoms with Crippen LogP contribution in [0.5, 0.6) is 0 Å². The SMILES string of the molecule is C=O.Cc1cccc(Nc2cc(C3CC3)c(CNCC3CCCC3)cn2)c1.[HH].[HH]. The molecule has 2 aromatic rings. The van der Waals surface area contributed by atoms with Gasteiger partial charge in [-0.1, -0.05) is 25.0 Å². The molecular weight excluding hydrogens is 334 g/mol. The zero-order valence-electron chi connectivity index (χ0n) is 16.3. The quantitative estimate of drug-likeness (QED) is 0.667. The molecule has 2 N–H and O–H groups in total. The van der Waals surface area contributed by atoms with Crippen molar-refractivity contribution >= 4 is 18.3 Å². The molecule has 1 aromatic carbocycles. The Bertz CT molecular complexity index is 747. The van der Waals surface area contributed by atoms with Crippen LogP contribution in [0.25, 0.3) is 0 Å². The van der Waals surface area contributed by atoms with Crippen LogP contribution in [0.2, 0.25) is 0 Å². The van der Waals surface area contributed by atoms with Crippen molar-refractivity contribution in [1.82, 2.24) is 10.3 Å². The van der Waals surface area contributed by atoms with E-state index in [9.17, 15) is 0 Å². The number of hydrogen-bond donors (Lipinski definition) is 2. The van der Waals surface area contributed by atoms with Gasteiger partial charge in [0, 0.05) is 21.3 Å². The lowest BCUT2D eigenvalue weighted by atomic mass is 10.0. The molecule has 0 amide bonds. The molecule has 4 rings (SSSR count). The number of carbonyl (C=O) groups is 1. The van der Waals surface area contributed by atoms with E-state index in [4.69, 9.17) is 4.79 Å². The third kappa shape index (κ3) is 5.64. The van der Waals surface area contributed by atoms with Crippen molar-refractivity contribution < 1.29 is 7.65 Å². The second-order valence-electron chi connectivity index (χ2n) is 7.82. The van der Waals surface area contributed by atoms with E-state index in [-0.39, 0.29) is 2.85 Å². The highest BCUT2D eigenvalue weighted by molar-refractivity contribution is 5.58. The number of nitrogens with one attached hydrogen (secondary N) is 2. The minimum Gasteiger partial charge on any atom is -0.340 e. The summed E-state index contributed by atoms with van der Waals surface area (Å²) in [5.74, 6) is 2.59. The Hall–Kier alpha value is -2.20. The second-order valence-corrected chi connectivity index (χ2v) is 7.82. The van der Waals surface area contributed by atoms with Crippen molar-refractivity contribution in [3.05, 3.63) is 53.2 Å². The van der Waals surface area contributed by atoms with Gasteiger partial charge in [0.05, 0.1) is 0 Å². The largest absolute Gasteiger partial charge is 0.340 e. The number of hydrogen-bond acceptors (Lipinski definition) is 4. The summed E-state index contributed by atoms with van der Waals surface area (Å²) in [6.45, 7) is 6.24. The normalized spacial score (nSPS) is 16.6. The third-order valence-electron chi connectivity index (χ3n) is 5.55. The van der Waals surface area contributed by atoms with Crippen LogP contribution in [0.4, 0.5) is 11.5 Å². The topological polar surface area (TPSA) is 54.0 Å². The van der Waals surface area contributed by atoms with Crippen molar-refractivity contribution in [3.8, 4) is 0 Å². The second kappa shape index (κ2) is 9.65. The first-order chi connectivity index (χ1) is 13.3. The molecule has 0 atom stereocenters. The summed E-state index contributed by atoms with van der Waals surface area (Å²) in [7, 11) is 0. The van der Waals surface area contributed by atoms with E-state index in [0.717, 1.165) is 36.4 Å². The van der Waals surface area contributed by atoms with E-state index < -0.39 is 0 Å². The molecule has 0 radical (unpaired) electrons. The van der Waals surface area contributed by atoms with Gasteiger partial charge in [0.15, 0.2) is 0 Å². The predicted octanol–water partition coefficient (Wildman–Crippen LogP) is 5.60. The number of anilines is 2. The average molecular weight is 370 g/mol. The minimum absolute atomic E-state index is 0. The number of benzene rings is 1. The lowest BCUT2D eigenvalue weighted by molar-refractivity contribution is -0.0979. The first-order valence-electron chi connectivity index (χ1n) is 10.1. The summed E-state index contributed by atoms with van der Waals surface area (Å²) in [5.41, 5.74) is 5.25. The molecule has 2 saturated carbocycles. The van der Waals surface area contributed by atoms with E-state index in [1.165, 1.54) is 55.2 Å². The van der Waals surface area contributed by atoms with Gasteiger partial charge in [0.2, 0.25) is 0 Å². The van der Waals surface area contributed by atoms with Gasteiger partial charge in [-0.15, -0.1) is 0 Å². The Balaban J connectivity index is 0.00000102. The van der Waals surface area contributed by atoms with Crippen molar-refractivity contribution in [2.75, 3.05) is 11.9 Å². The molecule has 2 aliphatic rings. The zero-order valence-corrected chi connectivity index (χ0v) is 16.3. The van der Waals surface area contributed by atoms with Gasteiger partial charge in [0.1, 0.15) is 12.6 Å². The smallest absolute Gasteiger partial charge is 0.130 e. The monoisotopic (exact) mass is 369 g/mol. The first-order valence-corrected chi connectivity index (χ1v) is 10.1. The van der Waals surface area contributed by atoms with Crippen LogP contribution in [0.1, 0.15) is 64.0 Å². The Kier molecular flexibility index (Phi) is 6.99. The minimum atomic E-state index is 0. The number of aromatic nitrogens is 1. The van der Waals surface area contributed by atoms with Crippen LogP contribution >= 0.6 is 0 Å². The molecule has 0 aliphatic heterocycles. The summed E-state index contributed by atoms with van der Waals surface area (Å²) in [6, 6.07) is 10.7. The van der Waals surface area contributed by atoms with Crippen LogP contribution in [-0.4, -0.2) is 18.3 Å². The number of aryl methyl sites for hydroxylation is 1. The summed E-state index contributed by atoms with van der Waals surface area (Å²) >= 11 is 0. The van der Waals surface area contributed by atoms with Gasteiger partial charge in [-0.2, -0.15) is 0 Å². The molecule has 27 heavy (non-hydrogen) atoms. The van der Waals surface area contributed by atoms with Crippen LogP contribution < -0.4 is 10.6 Å². The van der Waals surface area contributed by atoms with Crippen LogP contribution in [-0.2, 0) is 11.3 Å². The summed E-state index contributed by atoms with van der Waals surface area (Å²) in [4.78, 5) is 12.7. The lowest BCUT2D eigenvalue weighted by Gasteiger charge is -2.15. The molecule has 0 unspecified atom stereocenters. The Morgan fingerprint density at radius 3 is 2.63 bits per heavy atom. The summed E-state index contributed by atoms with van der Waals surface area (Å²) in [6.07, 6.45) is 10.4. The van der Waals surface area contributed by atoms with Gasteiger partial charge in [0.25, 0.3) is 0 Å². The first kappa shape index (κ1) is 19.6. The number of pyridine rings is 1. The Morgan fingerprint density at radius 1 is 1.15 bits per heavy atom. The van der Waals surface area contributed by atoms with Gasteiger partial charge in [-0.25, -0.2) is 4.98 Å². The fourth-order valence-corrected chi connectivity index (χ4v) is 3.99. The van der Waals surface area contributed by atoms with Crippen LogP contribution in [0, 0.1) is 12.8 Å². The van der Waals surface area contributed by atoms with E-state index in [1.807, 2.05) is 6.79 Å². The fourth-order valence-electron chi connectivity index (χ4n) is 3.99. The molecule has 4 nitrogen and oxygen atoms in total.